The molecule has 0 heterocycles. The van der Waals surface area contributed by atoms with Gasteiger partial charge in [-0.05, 0) is 56.3 Å². The van der Waals surface area contributed by atoms with E-state index >= 15 is 0 Å². The second-order valence-electron chi connectivity index (χ2n) is 7.28. The fourth-order valence-corrected chi connectivity index (χ4v) is 3.64. The van der Waals surface area contributed by atoms with E-state index in [0.717, 1.165) is 11.8 Å². The molecule has 124 valence electrons. The topological polar surface area (TPSA) is 43.4 Å². The molecule has 1 fully saturated rings. The average molecular weight is 306 g/mol. The van der Waals surface area contributed by atoms with Gasteiger partial charge < -0.3 is 4.74 Å². The van der Waals surface area contributed by atoms with Crippen molar-refractivity contribution in [2.24, 2.45) is 17.3 Å². The van der Waals surface area contributed by atoms with E-state index in [9.17, 15) is 9.59 Å². The number of esters is 2. The molecule has 0 spiro atoms. The van der Waals surface area contributed by atoms with Crippen LogP contribution < -0.4 is 0 Å². The first-order valence-corrected chi connectivity index (χ1v) is 8.15. The molecule has 0 amide bonds. The minimum absolute atomic E-state index is 0.562. The lowest BCUT2D eigenvalue weighted by atomic mass is 9.52. The Morgan fingerprint density at radius 2 is 1.82 bits per heavy atom. The summed E-state index contributed by atoms with van der Waals surface area (Å²) < 4.78 is 3.97. The quantitative estimate of drug-likeness (QED) is 0.366. The lowest BCUT2D eigenvalue weighted by molar-refractivity contribution is -0.156. The first-order chi connectivity index (χ1) is 10.1. The van der Waals surface area contributed by atoms with Crippen LogP contribution in [-0.4, -0.2) is 11.9 Å². The van der Waals surface area contributed by atoms with Gasteiger partial charge in [0.05, 0.1) is 0 Å². The Morgan fingerprint density at radius 1 is 1.23 bits per heavy atom. The summed E-state index contributed by atoms with van der Waals surface area (Å²) in [5.41, 5.74) is 3.68. The molecule has 22 heavy (non-hydrogen) atoms. The van der Waals surface area contributed by atoms with E-state index in [0.29, 0.717) is 5.41 Å². The van der Waals surface area contributed by atoms with Gasteiger partial charge in [0.25, 0.3) is 0 Å². The summed E-state index contributed by atoms with van der Waals surface area (Å²) in [7, 11) is 0. The van der Waals surface area contributed by atoms with Crippen LogP contribution in [0.4, 0.5) is 0 Å². The van der Waals surface area contributed by atoms with Crippen molar-refractivity contribution < 1.29 is 14.3 Å². The number of ether oxygens (including phenoxy) is 1. The maximum absolute atomic E-state index is 9.81. The Morgan fingerprint density at radius 3 is 2.27 bits per heavy atom. The van der Waals surface area contributed by atoms with E-state index in [1.165, 1.54) is 51.5 Å². The molecule has 1 saturated carbocycles. The van der Waals surface area contributed by atoms with E-state index in [4.69, 9.17) is 0 Å². The molecule has 0 saturated heterocycles. The van der Waals surface area contributed by atoms with Gasteiger partial charge in [-0.3, -0.25) is 9.59 Å². The van der Waals surface area contributed by atoms with Gasteiger partial charge >= 0.3 is 11.9 Å². The van der Waals surface area contributed by atoms with Gasteiger partial charge in [0.15, 0.2) is 0 Å². The number of rotatable bonds is 0. The van der Waals surface area contributed by atoms with Crippen LogP contribution in [-0.2, 0) is 14.3 Å². The maximum atomic E-state index is 9.81. The molecule has 0 aromatic heterocycles. The number of hydrogen-bond acceptors (Lipinski definition) is 3. The Hall–Kier alpha value is -1.38. The normalized spacial score (nSPS) is 29.0. The largest absolute Gasteiger partial charge is 0.394 e. The summed E-state index contributed by atoms with van der Waals surface area (Å²) in [6.07, 6.45) is 8.90. The zero-order valence-electron chi connectivity index (χ0n) is 14.7. The lowest BCUT2D eigenvalue weighted by Gasteiger charge is -2.53. The first-order valence-electron chi connectivity index (χ1n) is 8.15. The number of carbonyl (C=O) groups excluding carboxylic acids is 2. The van der Waals surface area contributed by atoms with Gasteiger partial charge in [-0.25, -0.2) is 0 Å². The van der Waals surface area contributed by atoms with Crippen LogP contribution in [0.25, 0.3) is 0 Å². The maximum Gasteiger partial charge on any atom is 0.310 e. The fourth-order valence-electron chi connectivity index (χ4n) is 3.64. The SMILES string of the molecule is C=C1CC/C=C(/C)CC[C@H]2[C@@H]1CC2(C)C.CC(=O)OC(C)=O. The van der Waals surface area contributed by atoms with Gasteiger partial charge in [-0.15, -0.1) is 0 Å². The molecular formula is C19H30O3. The highest BCUT2D eigenvalue weighted by Gasteiger charge is 2.47. The highest BCUT2D eigenvalue weighted by Crippen LogP contribution is 2.56. The molecule has 0 aliphatic heterocycles. The number of fused-ring (bicyclic) bond motifs is 1. The number of carbonyl (C=O) groups is 2. The molecule has 2 rings (SSSR count). The van der Waals surface area contributed by atoms with Crippen molar-refractivity contribution in [3.63, 3.8) is 0 Å². The molecule has 0 N–H and O–H groups in total. The molecule has 2 aliphatic rings. The summed E-state index contributed by atoms with van der Waals surface area (Å²) in [5.74, 6) is 0.603. The standard InChI is InChI=1S/C15H24.C4H6O3/c1-11-6-5-7-12(2)13-10-15(3,4)14(13)9-8-11;1-3(5)7-4(2)6/h6,13-14H,2,5,7-10H2,1,3-4H3;1-2H3/b11-6-;/t13-,14+;/m1./s1. The van der Waals surface area contributed by atoms with E-state index < -0.39 is 11.9 Å². The van der Waals surface area contributed by atoms with Crippen LogP contribution in [0.15, 0.2) is 23.8 Å². The molecule has 0 bridgehead atoms. The third kappa shape index (κ3) is 5.43. The highest BCUT2D eigenvalue weighted by molar-refractivity contribution is 5.82. The van der Waals surface area contributed by atoms with Crippen molar-refractivity contribution in [3.8, 4) is 0 Å². The molecule has 3 nitrogen and oxygen atoms in total. The highest BCUT2D eigenvalue weighted by atomic mass is 16.6. The Balaban J connectivity index is 0.000000295. The van der Waals surface area contributed by atoms with E-state index in [1.807, 2.05) is 0 Å². The Bertz CT molecular complexity index is 459. The van der Waals surface area contributed by atoms with Crippen LogP contribution in [0, 0.1) is 17.3 Å². The number of hydrogen-bond donors (Lipinski definition) is 0. The van der Waals surface area contributed by atoms with Crippen molar-refractivity contribution in [1.82, 2.24) is 0 Å². The summed E-state index contributed by atoms with van der Waals surface area (Å²) in [4.78, 5) is 19.6. The summed E-state index contributed by atoms with van der Waals surface area (Å²) in [6.45, 7) is 13.8. The lowest BCUT2D eigenvalue weighted by Crippen LogP contribution is -2.44. The van der Waals surface area contributed by atoms with Gasteiger partial charge in [-0.2, -0.15) is 0 Å². The van der Waals surface area contributed by atoms with Crippen LogP contribution in [0.3, 0.4) is 0 Å². The first kappa shape index (κ1) is 18.7. The summed E-state index contributed by atoms with van der Waals surface area (Å²) in [6, 6.07) is 0. The van der Waals surface area contributed by atoms with Crippen LogP contribution >= 0.6 is 0 Å². The predicted octanol–water partition coefficient (Wildman–Crippen LogP) is 4.82. The van der Waals surface area contributed by atoms with E-state index in [-0.39, 0.29) is 0 Å². The molecule has 3 heteroatoms. The van der Waals surface area contributed by atoms with Crippen LogP contribution in [0.1, 0.15) is 66.7 Å². The molecule has 0 unspecified atom stereocenters. The molecule has 2 aliphatic carbocycles. The van der Waals surface area contributed by atoms with Crippen molar-refractivity contribution in [2.75, 3.05) is 0 Å². The molecular weight excluding hydrogens is 276 g/mol. The Kier molecular flexibility index (Phi) is 6.58. The van der Waals surface area contributed by atoms with Crippen molar-refractivity contribution in [2.45, 2.75) is 66.7 Å². The van der Waals surface area contributed by atoms with Gasteiger partial charge in [0.1, 0.15) is 0 Å². The van der Waals surface area contributed by atoms with Crippen molar-refractivity contribution in [1.29, 1.82) is 0 Å². The zero-order valence-corrected chi connectivity index (χ0v) is 14.7. The van der Waals surface area contributed by atoms with Crippen molar-refractivity contribution >= 4 is 11.9 Å². The van der Waals surface area contributed by atoms with Gasteiger partial charge in [0, 0.05) is 13.8 Å². The molecule has 0 aromatic rings. The van der Waals surface area contributed by atoms with Crippen LogP contribution in [0.5, 0.6) is 0 Å². The third-order valence-electron chi connectivity index (χ3n) is 4.86. The predicted molar refractivity (Wildman–Crippen MR) is 89.2 cm³/mol. The monoisotopic (exact) mass is 306 g/mol. The second kappa shape index (κ2) is 7.75. The minimum Gasteiger partial charge on any atom is -0.394 e. The Labute approximate surface area is 134 Å². The van der Waals surface area contributed by atoms with Crippen molar-refractivity contribution in [3.05, 3.63) is 23.8 Å². The van der Waals surface area contributed by atoms with E-state index in [2.05, 4.69) is 38.2 Å². The summed E-state index contributed by atoms with van der Waals surface area (Å²) >= 11 is 0. The van der Waals surface area contributed by atoms with Gasteiger partial charge in [-0.1, -0.05) is 37.6 Å². The summed E-state index contributed by atoms with van der Waals surface area (Å²) in [5, 5.41) is 0. The van der Waals surface area contributed by atoms with E-state index in [1.54, 1.807) is 5.57 Å². The van der Waals surface area contributed by atoms with Crippen LogP contribution in [0.2, 0.25) is 0 Å². The fraction of sp³-hybridized carbons (Fsp3) is 0.684. The van der Waals surface area contributed by atoms with Gasteiger partial charge in [0.2, 0.25) is 0 Å². The zero-order chi connectivity index (χ0) is 16.9. The minimum atomic E-state index is -0.562. The third-order valence-corrected chi connectivity index (χ3v) is 4.86. The molecule has 0 radical (unpaired) electrons. The molecule has 2 atom stereocenters. The average Bonchev–Trinajstić information content (AvgIpc) is 2.39. The second-order valence-corrected chi connectivity index (χ2v) is 7.28. The molecule has 0 aromatic carbocycles. The smallest absolute Gasteiger partial charge is 0.310 e. The number of allylic oxidation sites excluding steroid dienone is 3.